The summed E-state index contributed by atoms with van der Waals surface area (Å²) in [6.07, 6.45) is 3.17. The van der Waals surface area contributed by atoms with E-state index < -0.39 is 11.9 Å². The lowest BCUT2D eigenvalue weighted by molar-refractivity contribution is -0.150. The predicted molar refractivity (Wildman–Crippen MR) is 74.8 cm³/mol. The summed E-state index contributed by atoms with van der Waals surface area (Å²) in [5.74, 6) is -1.31. The van der Waals surface area contributed by atoms with Crippen LogP contribution in [0.15, 0.2) is 0 Å². The quantitative estimate of drug-likeness (QED) is 0.835. The van der Waals surface area contributed by atoms with Crippen molar-refractivity contribution in [1.82, 2.24) is 4.90 Å². The van der Waals surface area contributed by atoms with Crippen LogP contribution in [0.5, 0.6) is 0 Å². The van der Waals surface area contributed by atoms with E-state index in [1.165, 1.54) is 0 Å². The molecule has 0 aromatic heterocycles. The lowest BCUT2D eigenvalue weighted by atomic mass is 9.91. The highest BCUT2D eigenvalue weighted by molar-refractivity contribution is 5.85. The van der Waals surface area contributed by atoms with Crippen LogP contribution in [0.25, 0.3) is 0 Å². The maximum atomic E-state index is 12.6. The van der Waals surface area contributed by atoms with Crippen molar-refractivity contribution < 1.29 is 14.7 Å². The number of carbonyl (C=O) groups excluding carboxylic acids is 1. The van der Waals surface area contributed by atoms with Gasteiger partial charge in [0.15, 0.2) is 0 Å². The molecule has 0 bridgehead atoms. The Bertz CT molecular complexity index is 351. The molecular weight excluding hydrogens is 242 g/mol. The first kappa shape index (κ1) is 16.0. The number of hydrogen-bond acceptors (Lipinski definition) is 2. The third kappa shape index (κ3) is 3.28. The molecule has 4 nitrogen and oxygen atoms in total. The van der Waals surface area contributed by atoms with Crippen molar-refractivity contribution in [3.05, 3.63) is 0 Å². The Morgan fingerprint density at radius 1 is 1.21 bits per heavy atom. The van der Waals surface area contributed by atoms with Crippen molar-refractivity contribution in [1.29, 1.82) is 0 Å². The van der Waals surface area contributed by atoms with Crippen LogP contribution in [0, 0.1) is 17.8 Å². The minimum Gasteiger partial charge on any atom is -0.481 e. The van der Waals surface area contributed by atoms with E-state index in [1.54, 1.807) is 11.9 Å². The molecule has 0 aromatic carbocycles. The Hall–Kier alpha value is -1.06. The van der Waals surface area contributed by atoms with E-state index in [9.17, 15) is 14.7 Å². The Labute approximate surface area is 116 Å². The lowest BCUT2D eigenvalue weighted by Crippen LogP contribution is -2.48. The first-order chi connectivity index (χ1) is 8.74. The van der Waals surface area contributed by atoms with Gasteiger partial charge in [-0.1, -0.05) is 20.3 Å². The van der Waals surface area contributed by atoms with Gasteiger partial charge in [-0.3, -0.25) is 9.59 Å². The molecule has 1 saturated carbocycles. The zero-order valence-electron chi connectivity index (χ0n) is 12.8. The summed E-state index contributed by atoms with van der Waals surface area (Å²) in [5, 5.41) is 9.32. The molecule has 110 valence electrons. The highest BCUT2D eigenvalue weighted by Crippen LogP contribution is 2.40. The summed E-state index contributed by atoms with van der Waals surface area (Å²) in [6.45, 7) is 8.15. The molecule has 0 heterocycles. The first-order valence-corrected chi connectivity index (χ1v) is 7.25. The minimum absolute atomic E-state index is 0.00444. The van der Waals surface area contributed by atoms with Crippen molar-refractivity contribution in [3.8, 4) is 0 Å². The minimum atomic E-state index is -0.822. The van der Waals surface area contributed by atoms with Gasteiger partial charge in [0.25, 0.3) is 0 Å². The molecule has 0 aromatic rings. The average Bonchev–Trinajstić information content (AvgIpc) is 2.81. The number of aliphatic carboxylic acids is 1. The summed E-state index contributed by atoms with van der Waals surface area (Å²) >= 11 is 0. The number of rotatable bonds is 5. The molecule has 1 N–H and O–H groups in total. The van der Waals surface area contributed by atoms with Crippen molar-refractivity contribution in [2.75, 3.05) is 7.05 Å². The molecule has 1 aliphatic rings. The topological polar surface area (TPSA) is 57.6 Å². The zero-order chi connectivity index (χ0) is 14.8. The largest absolute Gasteiger partial charge is 0.481 e. The van der Waals surface area contributed by atoms with Gasteiger partial charge in [0.05, 0.1) is 11.8 Å². The van der Waals surface area contributed by atoms with Gasteiger partial charge in [0.1, 0.15) is 0 Å². The van der Waals surface area contributed by atoms with Crippen LogP contribution < -0.4 is 0 Å². The highest BCUT2D eigenvalue weighted by Gasteiger charge is 2.44. The summed E-state index contributed by atoms with van der Waals surface area (Å²) < 4.78 is 0. The Balaban J connectivity index is 2.88. The Kier molecular flexibility index (Phi) is 4.99. The van der Waals surface area contributed by atoms with Gasteiger partial charge < -0.3 is 10.0 Å². The molecule has 1 rings (SSSR count). The van der Waals surface area contributed by atoms with Crippen molar-refractivity contribution in [3.63, 3.8) is 0 Å². The Morgan fingerprint density at radius 2 is 1.74 bits per heavy atom. The third-order valence-electron chi connectivity index (χ3n) is 4.98. The van der Waals surface area contributed by atoms with Crippen LogP contribution in [0.4, 0.5) is 0 Å². The monoisotopic (exact) mass is 269 g/mol. The van der Waals surface area contributed by atoms with Crippen molar-refractivity contribution >= 4 is 11.9 Å². The molecule has 1 fully saturated rings. The van der Waals surface area contributed by atoms with Crippen LogP contribution in [0.3, 0.4) is 0 Å². The third-order valence-corrected chi connectivity index (χ3v) is 4.98. The summed E-state index contributed by atoms with van der Waals surface area (Å²) in [7, 11) is 1.80. The fraction of sp³-hybridized carbons (Fsp3) is 0.867. The lowest BCUT2D eigenvalue weighted by Gasteiger charge is -2.37. The van der Waals surface area contributed by atoms with Gasteiger partial charge in [-0.05, 0) is 39.0 Å². The van der Waals surface area contributed by atoms with Crippen LogP contribution in [-0.4, -0.2) is 34.5 Å². The highest BCUT2D eigenvalue weighted by atomic mass is 16.4. The molecule has 0 aliphatic heterocycles. The normalized spacial score (nSPS) is 27.3. The molecule has 1 aliphatic carbocycles. The summed E-state index contributed by atoms with van der Waals surface area (Å²) in [6, 6.07) is 0. The van der Waals surface area contributed by atoms with E-state index in [-0.39, 0.29) is 17.4 Å². The van der Waals surface area contributed by atoms with Gasteiger partial charge in [-0.15, -0.1) is 0 Å². The van der Waals surface area contributed by atoms with Gasteiger partial charge >= 0.3 is 5.97 Å². The van der Waals surface area contributed by atoms with Gasteiger partial charge in [0.2, 0.25) is 5.91 Å². The van der Waals surface area contributed by atoms with Crippen LogP contribution >= 0.6 is 0 Å². The summed E-state index contributed by atoms with van der Waals surface area (Å²) in [5.41, 5.74) is -0.218. The Morgan fingerprint density at radius 3 is 2.16 bits per heavy atom. The number of carbonyl (C=O) groups is 2. The summed E-state index contributed by atoms with van der Waals surface area (Å²) in [4.78, 5) is 25.7. The maximum Gasteiger partial charge on any atom is 0.307 e. The van der Waals surface area contributed by atoms with Crippen molar-refractivity contribution in [2.24, 2.45) is 17.8 Å². The molecule has 4 heteroatoms. The van der Waals surface area contributed by atoms with E-state index in [1.807, 2.05) is 20.8 Å². The van der Waals surface area contributed by atoms with E-state index in [0.717, 1.165) is 19.3 Å². The second-order valence-corrected chi connectivity index (χ2v) is 6.36. The average molecular weight is 269 g/mol. The van der Waals surface area contributed by atoms with Crippen LogP contribution in [0.2, 0.25) is 0 Å². The van der Waals surface area contributed by atoms with E-state index in [0.29, 0.717) is 12.3 Å². The smallest absolute Gasteiger partial charge is 0.307 e. The standard InChI is InChI=1S/C15H27NO3/c1-6-10-8-11(12(9-10)14(18)19)13(17)16(5)15(3,4)7-2/h10-12H,6-9H2,1-5H3,(H,18,19). The second kappa shape index (κ2) is 5.93. The van der Waals surface area contributed by atoms with Crippen LogP contribution in [-0.2, 0) is 9.59 Å². The fourth-order valence-electron chi connectivity index (χ4n) is 2.81. The van der Waals surface area contributed by atoms with Gasteiger partial charge in [-0.2, -0.15) is 0 Å². The molecule has 0 saturated heterocycles. The second-order valence-electron chi connectivity index (χ2n) is 6.36. The molecule has 19 heavy (non-hydrogen) atoms. The first-order valence-electron chi connectivity index (χ1n) is 7.25. The van der Waals surface area contributed by atoms with Gasteiger partial charge in [-0.25, -0.2) is 0 Å². The van der Waals surface area contributed by atoms with E-state index in [4.69, 9.17) is 0 Å². The van der Waals surface area contributed by atoms with E-state index >= 15 is 0 Å². The number of nitrogens with zero attached hydrogens (tertiary/aromatic N) is 1. The molecule has 1 amide bonds. The zero-order valence-corrected chi connectivity index (χ0v) is 12.8. The fourth-order valence-corrected chi connectivity index (χ4v) is 2.81. The SMILES string of the molecule is CCC1CC(C(=O)O)C(C(=O)N(C)C(C)(C)CC)C1. The van der Waals surface area contributed by atoms with E-state index in [2.05, 4.69) is 6.92 Å². The number of amides is 1. The number of carboxylic acid groups (broad SMARTS) is 1. The molecule has 0 radical (unpaired) electrons. The molecule has 3 unspecified atom stereocenters. The van der Waals surface area contributed by atoms with Crippen molar-refractivity contribution in [2.45, 2.75) is 58.9 Å². The molecule has 0 spiro atoms. The van der Waals surface area contributed by atoms with Gasteiger partial charge in [0, 0.05) is 12.6 Å². The molecular formula is C15H27NO3. The number of hydrogen-bond donors (Lipinski definition) is 1. The maximum absolute atomic E-state index is 12.6. The number of carboxylic acids is 1. The molecule has 3 atom stereocenters. The predicted octanol–water partition coefficient (Wildman–Crippen LogP) is 2.77. The van der Waals surface area contributed by atoms with Crippen LogP contribution in [0.1, 0.15) is 53.4 Å².